The number of methoxy groups -OCH3 is 2. The van der Waals surface area contributed by atoms with Gasteiger partial charge in [-0.1, -0.05) is 18.2 Å². The fourth-order valence-electron chi connectivity index (χ4n) is 2.79. The summed E-state index contributed by atoms with van der Waals surface area (Å²) in [6.45, 7) is 0.519. The summed E-state index contributed by atoms with van der Waals surface area (Å²) in [5.74, 6) is 1.31. The summed E-state index contributed by atoms with van der Waals surface area (Å²) in [7, 11) is 3.23. The molecule has 0 aliphatic heterocycles. The van der Waals surface area contributed by atoms with E-state index in [-0.39, 0.29) is 5.91 Å². The van der Waals surface area contributed by atoms with E-state index in [0.29, 0.717) is 24.3 Å². The van der Waals surface area contributed by atoms with Crippen LogP contribution in [0, 0.1) is 0 Å². The number of benzene rings is 2. The number of carbonyl (C=O) groups excluding carboxylic acids is 1. The molecule has 0 spiro atoms. The molecule has 3 rings (SSSR count). The number of carbonyl (C=O) groups is 1. The molecule has 2 aromatic carbocycles. The van der Waals surface area contributed by atoms with Crippen molar-refractivity contribution in [2.45, 2.75) is 6.42 Å². The number of hydrogen-bond acceptors (Lipinski definition) is 4. The summed E-state index contributed by atoms with van der Waals surface area (Å²) in [6.07, 6.45) is 4.19. The Morgan fingerprint density at radius 3 is 2.65 bits per heavy atom. The van der Waals surface area contributed by atoms with Crippen molar-refractivity contribution in [3.63, 3.8) is 0 Å². The van der Waals surface area contributed by atoms with Gasteiger partial charge in [0.1, 0.15) is 11.5 Å². The molecular formula is C20H21N3O3. The van der Waals surface area contributed by atoms with Crippen LogP contribution in [0.1, 0.15) is 15.9 Å². The van der Waals surface area contributed by atoms with Crippen LogP contribution >= 0.6 is 0 Å². The van der Waals surface area contributed by atoms with Crippen LogP contribution in [0.15, 0.2) is 54.9 Å². The number of aromatic nitrogens is 2. The number of nitrogens with zero attached hydrogens (tertiary/aromatic N) is 1. The average Bonchev–Trinajstić information content (AvgIpc) is 3.22. The first-order chi connectivity index (χ1) is 12.7. The van der Waals surface area contributed by atoms with Crippen molar-refractivity contribution in [1.29, 1.82) is 0 Å². The predicted octanol–water partition coefficient (Wildman–Crippen LogP) is 3.07. The van der Waals surface area contributed by atoms with E-state index in [1.807, 2.05) is 30.3 Å². The van der Waals surface area contributed by atoms with Gasteiger partial charge in [-0.05, 0) is 36.2 Å². The number of nitrogens with one attached hydrogen (secondary N) is 2. The molecule has 0 aliphatic rings. The second-order valence-corrected chi connectivity index (χ2v) is 5.72. The van der Waals surface area contributed by atoms with E-state index < -0.39 is 0 Å². The van der Waals surface area contributed by atoms with Gasteiger partial charge >= 0.3 is 0 Å². The molecule has 1 amide bonds. The molecule has 1 aromatic heterocycles. The number of hydrogen-bond donors (Lipinski definition) is 2. The number of rotatable bonds is 7. The lowest BCUT2D eigenvalue weighted by atomic mass is 10.0. The summed E-state index contributed by atoms with van der Waals surface area (Å²) >= 11 is 0. The van der Waals surface area contributed by atoms with E-state index >= 15 is 0 Å². The Balaban J connectivity index is 1.66. The molecule has 0 radical (unpaired) electrons. The van der Waals surface area contributed by atoms with Crippen LogP contribution in [0.4, 0.5) is 0 Å². The molecule has 2 N–H and O–H groups in total. The summed E-state index contributed by atoms with van der Waals surface area (Å²) in [6, 6.07) is 13.2. The van der Waals surface area contributed by atoms with Crippen molar-refractivity contribution in [2.75, 3.05) is 20.8 Å². The highest BCUT2D eigenvalue weighted by Gasteiger charge is 2.12. The average molecular weight is 351 g/mol. The maximum Gasteiger partial charge on any atom is 0.251 e. The van der Waals surface area contributed by atoms with Gasteiger partial charge in [0.2, 0.25) is 0 Å². The monoisotopic (exact) mass is 351 g/mol. The maximum absolute atomic E-state index is 12.4. The lowest BCUT2D eigenvalue weighted by molar-refractivity contribution is 0.0953. The van der Waals surface area contributed by atoms with Crippen molar-refractivity contribution < 1.29 is 14.3 Å². The minimum atomic E-state index is -0.142. The molecule has 0 bridgehead atoms. The molecule has 6 heteroatoms. The molecule has 0 fully saturated rings. The zero-order chi connectivity index (χ0) is 18.4. The molecule has 1 heterocycles. The Labute approximate surface area is 152 Å². The Bertz CT molecular complexity index is 876. The summed E-state index contributed by atoms with van der Waals surface area (Å²) in [5, 5.41) is 9.66. The minimum absolute atomic E-state index is 0.142. The fraction of sp³-hybridized carbons (Fsp3) is 0.200. The van der Waals surface area contributed by atoms with Crippen LogP contribution < -0.4 is 14.8 Å². The first-order valence-electron chi connectivity index (χ1n) is 8.30. The van der Waals surface area contributed by atoms with Gasteiger partial charge < -0.3 is 14.8 Å². The highest BCUT2D eigenvalue weighted by molar-refractivity contribution is 5.95. The molecular weight excluding hydrogens is 330 g/mol. The molecule has 3 aromatic rings. The molecule has 0 saturated carbocycles. The zero-order valence-corrected chi connectivity index (χ0v) is 14.8. The van der Waals surface area contributed by atoms with Gasteiger partial charge in [0.15, 0.2) is 0 Å². The molecule has 0 aliphatic carbocycles. The number of amides is 1. The van der Waals surface area contributed by atoms with Crippen LogP contribution in [0.25, 0.3) is 11.1 Å². The topological polar surface area (TPSA) is 76.2 Å². The van der Waals surface area contributed by atoms with Crippen molar-refractivity contribution in [1.82, 2.24) is 15.5 Å². The van der Waals surface area contributed by atoms with Crippen LogP contribution in [-0.2, 0) is 6.42 Å². The molecule has 0 atom stereocenters. The SMILES string of the molecule is COc1ccccc1CCNC(=O)c1ccc(-c2cn[nH]c2)c(OC)c1. The normalized spacial score (nSPS) is 10.4. The Hall–Kier alpha value is -3.28. The van der Waals surface area contributed by atoms with E-state index in [9.17, 15) is 4.79 Å². The maximum atomic E-state index is 12.4. The third kappa shape index (κ3) is 3.85. The van der Waals surface area contributed by atoms with Crippen molar-refractivity contribution in [3.05, 3.63) is 66.0 Å². The molecule has 26 heavy (non-hydrogen) atoms. The molecule has 134 valence electrons. The van der Waals surface area contributed by atoms with E-state index in [4.69, 9.17) is 9.47 Å². The lowest BCUT2D eigenvalue weighted by Gasteiger charge is -2.11. The van der Waals surface area contributed by atoms with Crippen LogP contribution in [0.3, 0.4) is 0 Å². The van der Waals surface area contributed by atoms with Gasteiger partial charge in [0.25, 0.3) is 5.91 Å². The van der Waals surface area contributed by atoms with E-state index in [0.717, 1.165) is 22.4 Å². The Kier molecular flexibility index (Phi) is 5.53. The molecule has 0 unspecified atom stereocenters. The second-order valence-electron chi connectivity index (χ2n) is 5.72. The predicted molar refractivity (Wildman–Crippen MR) is 99.6 cm³/mol. The largest absolute Gasteiger partial charge is 0.496 e. The lowest BCUT2D eigenvalue weighted by Crippen LogP contribution is -2.25. The Morgan fingerprint density at radius 2 is 1.92 bits per heavy atom. The van der Waals surface area contributed by atoms with Crippen molar-refractivity contribution in [3.8, 4) is 22.6 Å². The van der Waals surface area contributed by atoms with E-state index in [1.54, 1.807) is 38.7 Å². The van der Waals surface area contributed by atoms with E-state index in [2.05, 4.69) is 15.5 Å². The summed E-state index contributed by atoms with van der Waals surface area (Å²) in [4.78, 5) is 12.4. The highest BCUT2D eigenvalue weighted by Crippen LogP contribution is 2.30. The number of para-hydroxylation sites is 1. The first kappa shape index (κ1) is 17.5. The van der Waals surface area contributed by atoms with Crippen molar-refractivity contribution >= 4 is 5.91 Å². The Morgan fingerprint density at radius 1 is 1.12 bits per heavy atom. The first-order valence-corrected chi connectivity index (χ1v) is 8.30. The van der Waals surface area contributed by atoms with Gasteiger partial charge in [0, 0.05) is 29.4 Å². The van der Waals surface area contributed by atoms with Gasteiger partial charge in [-0.2, -0.15) is 5.10 Å². The summed E-state index contributed by atoms with van der Waals surface area (Å²) in [5.41, 5.74) is 3.40. The van der Waals surface area contributed by atoms with Gasteiger partial charge in [-0.25, -0.2) is 0 Å². The van der Waals surface area contributed by atoms with Crippen LogP contribution in [-0.4, -0.2) is 36.9 Å². The highest BCUT2D eigenvalue weighted by atomic mass is 16.5. The van der Waals surface area contributed by atoms with E-state index in [1.165, 1.54) is 0 Å². The van der Waals surface area contributed by atoms with Crippen LogP contribution in [0.2, 0.25) is 0 Å². The minimum Gasteiger partial charge on any atom is -0.496 e. The quantitative estimate of drug-likeness (QED) is 0.686. The third-order valence-corrected chi connectivity index (χ3v) is 4.15. The third-order valence-electron chi connectivity index (χ3n) is 4.15. The van der Waals surface area contributed by atoms with Crippen LogP contribution in [0.5, 0.6) is 11.5 Å². The fourth-order valence-corrected chi connectivity index (χ4v) is 2.79. The molecule has 0 saturated heterocycles. The molecule has 6 nitrogen and oxygen atoms in total. The van der Waals surface area contributed by atoms with Crippen molar-refractivity contribution in [2.24, 2.45) is 0 Å². The second kappa shape index (κ2) is 8.20. The van der Waals surface area contributed by atoms with Gasteiger partial charge in [-0.3, -0.25) is 9.89 Å². The van der Waals surface area contributed by atoms with Gasteiger partial charge in [0.05, 0.1) is 20.4 Å². The summed E-state index contributed by atoms with van der Waals surface area (Å²) < 4.78 is 10.8. The van der Waals surface area contributed by atoms with Gasteiger partial charge in [-0.15, -0.1) is 0 Å². The smallest absolute Gasteiger partial charge is 0.251 e. The zero-order valence-electron chi connectivity index (χ0n) is 14.8. The number of ether oxygens (including phenoxy) is 2. The number of H-pyrrole nitrogens is 1. The number of aromatic amines is 1. The standard InChI is InChI=1S/C20H21N3O3/c1-25-18-6-4-3-5-14(18)9-10-21-20(24)15-7-8-17(19(11-15)26-2)16-12-22-23-13-16/h3-8,11-13H,9-10H2,1-2H3,(H,21,24)(H,22,23).